The first kappa shape index (κ1) is 30.6. The number of aromatic nitrogens is 1. The van der Waals surface area contributed by atoms with Gasteiger partial charge in [0.25, 0.3) is 15.8 Å². The van der Waals surface area contributed by atoms with E-state index in [1.54, 1.807) is 27.7 Å². The van der Waals surface area contributed by atoms with Gasteiger partial charge < -0.3 is 9.12 Å². The normalized spacial score (nSPS) is 13.8. The predicted molar refractivity (Wildman–Crippen MR) is 146 cm³/mol. The van der Waals surface area contributed by atoms with E-state index in [1.165, 1.54) is 42.1 Å². The molecular weight excluding hydrogens is 550 g/mol. The second kappa shape index (κ2) is 11.7. The summed E-state index contributed by atoms with van der Waals surface area (Å²) < 4.78 is 70.0. The summed E-state index contributed by atoms with van der Waals surface area (Å²) >= 11 is -1.52. The van der Waals surface area contributed by atoms with Crippen LogP contribution in [0, 0.1) is 11.6 Å². The van der Waals surface area contributed by atoms with Gasteiger partial charge in [0.05, 0.1) is 6.04 Å². The molecule has 0 saturated heterocycles. The van der Waals surface area contributed by atoms with Crippen molar-refractivity contribution in [1.82, 2.24) is 14.0 Å². The highest BCUT2D eigenvalue weighted by Crippen LogP contribution is 2.34. The lowest BCUT2D eigenvalue weighted by Gasteiger charge is -2.27. The molecule has 4 N–H and O–H groups in total. The number of hydrogen-bond acceptors (Lipinski definition) is 6. The zero-order valence-corrected chi connectivity index (χ0v) is 23.7. The molecule has 0 bridgehead atoms. The van der Waals surface area contributed by atoms with Gasteiger partial charge in [0, 0.05) is 59.5 Å². The molecule has 0 saturated carbocycles. The average Bonchev–Trinajstić information content (AvgIpc) is 2.83. The number of rotatable bonds is 9. The number of nitrogens with two attached hydrogens (primary N) is 1. The lowest BCUT2D eigenvalue weighted by Crippen LogP contribution is -2.41. The van der Waals surface area contributed by atoms with Crippen LogP contribution in [-0.4, -0.2) is 28.1 Å². The highest BCUT2D eigenvalue weighted by atomic mass is 32.2. The van der Waals surface area contributed by atoms with E-state index in [2.05, 4.69) is 4.72 Å². The van der Waals surface area contributed by atoms with Crippen LogP contribution in [0.25, 0.3) is 11.1 Å². The molecule has 1 aromatic heterocycles. The smallest absolute Gasteiger partial charge is 0.274 e. The number of nitrogens with zero attached hydrogens (tertiary/aromatic N) is 1. The molecule has 210 valence electrons. The third-order valence-electron chi connectivity index (χ3n) is 5.86. The van der Waals surface area contributed by atoms with Gasteiger partial charge in [-0.25, -0.2) is 13.9 Å². The van der Waals surface area contributed by atoms with Crippen molar-refractivity contribution in [2.75, 3.05) is 0 Å². The molecule has 0 spiro atoms. The molecule has 2 atom stereocenters. The Labute approximate surface area is 228 Å². The van der Waals surface area contributed by atoms with Crippen molar-refractivity contribution in [2.45, 2.75) is 45.0 Å². The first-order valence-corrected chi connectivity index (χ1v) is 14.5. The predicted octanol–water partition coefficient (Wildman–Crippen LogP) is 2.97. The van der Waals surface area contributed by atoms with Crippen molar-refractivity contribution in [3.05, 3.63) is 92.9 Å². The van der Waals surface area contributed by atoms with Crippen LogP contribution in [0.5, 0.6) is 0 Å². The lowest BCUT2D eigenvalue weighted by molar-refractivity contribution is 0.103. The van der Waals surface area contributed by atoms with Crippen molar-refractivity contribution >= 4 is 27.4 Å². The molecule has 9 nitrogen and oxygen atoms in total. The summed E-state index contributed by atoms with van der Waals surface area (Å²) in [5.41, 5.74) is 0.368. The van der Waals surface area contributed by atoms with Gasteiger partial charge in [-0.2, -0.15) is 13.1 Å². The molecule has 39 heavy (non-hydrogen) atoms. The number of aryl methyl sites for hydroxylation is 1. The van der Waals surface area contributed by atoms with Crippen molar-refractivity contribution < 1.29 is 26.5 Å². The second-order valence-electron chi connectivity index (χ2n) is 10.0. The van der Waals surface area contributed by atoms with Crippen LogP contribution in [0.15, 0.2) is 53.5 Å². The van der Waals surface area contributed by atoms with Crippen LogP contribution >= 0.6 is 0 Å². The van der Waals surface area contributed by atoms with E-state index in [9.17, 15) is 27.0 Å². The van der Waals surface area contributed by atoms with Crippen LogP contribution in [0.2, 0.25) is 0 Å². The van der Waals surface area contributed by atoms with Crippen LogP contribution in [-0.2, 0) is 35.2 Å². The van der Waals surface area contributed by atoms with E-state index in [0.29, 0.717) is 11.1 Å². The van der Waals surface area contributed by atoms with Gasteiger partial charge in [0.15, 0.2) is 5.78 Å². The maximum Gasteiger partial charge on any atom is 0.274 e. The summed E-state index contributed by atoms with van der Waals surface area (Å²) in [6.07, 6.45) is 1.46. The van der Waals surface area contributed by atoms with Crippen molar-refractivity contribution in [1.29, 1.82) is 0 Å². The molecule has 0 aliphatic heterocycles. The van der Waals surface area contributed by atoms with Gasteiger partial charge in [-0.15, -0.1) is 4.72 Å². The van der Waals surface area contributed by atoms with Crippen LogP contribution < -0.4 is 20.1 Å². The van der Waals surface area contributed by atoms with Gasteiger partial charge in [0.1, 0.15) is 16.4 Å². The molecule has 1 heterocycles. The van der Waals surface area contributed by atoms with Crippen LogP contribution in [0.4, 0.5) is 8.78 Å². The maximum atomic E-state index is 15.2. The molecule has 13 heteroatoms. The fraction of sp³-hybridized carbons (Fsp3) is 0.308. The van der Waals surface area contributed by atoms with Gasteiger partial charge in [-0.1, -0.05) is 0 Å². The van der Waals surface area contributed by atoms with Gasteiger partial charge in [0.2, 0.25) is 0 Å². The summed E-state index contributed by atoms with van der Waals surface area (Å²) in [6.45, 7) is 6.51. The fourth-order valence-electron chi connectivity index (χ4n) is 3.73. The quantitative estimate of drug-likeness (QED) is 0.262. The van der Waals surface area contributed by atoms with E-state index in [1.807, 2.05) is 4.72 Å². The largest absolute Gasteiger partial charge is 0.598 e. The summed E-state index contributed by atoms with van der Waals surface area (Å²) in [7, 11) is -2.66. The summed E-state index contributed by atoms with van der Waals surface area (Å²) in [5.74, 6) is -2.07. The summed E-state index contributed by atoms with van der Waals surface area (Å²) in [4.78, 5) is 26.1. The number of carbonyl (C=O) groups excluding carboxylic acids is 1. The van der Waals surface area contributed by atoms with E-state index in [4.69, 9.17) is 5.14 Å². The third-order valence-corrected chi connectivity index (χ3v) is 8.09. The van der Waals surface area contributed by atoms with E-state index in [-0.39, 0.29) is 27.8 Å². The number of hydrogen-bond donors (Lipinski definition) is 3. The Morgan fingerprint density at radius 1 is 1.13 bits per heavy atom. The molecular formula is C26H30F2N4O5S2. The summed E-state index contributed by atoms with van der Waals surface area (Å²) in [5, 5.41) is 5.01. The number of halogens is 2. The minimum atomic E-state index is -4.16. The minimum absolute atomic E-state index is 0.0823. The second-order valence-corrected chi connectivity index (χ2v) is 13.4. The molecule has 0 amide bonds. The Bertz CT molecular complexity index is 1550. The Balaban J connectivity index is 2.28. The third kappa shape index (κ3) is 7.59. The first-order chi connectivity index (χ1) is 18.0. The van der Waals surface area contributed by atoms with E-state index < -0.39 is 56.3 Å². The number of nitrogens with one attached hydrogen (secondary N) is 2. The monoisotopic (exact) mass is 580 g/mol. The standard InChI is InChI=1S/C26H30F2N4O5S2/c1-15(31-38(35)26(2,3)4)19-12-24(33)32(5)14-22(19)20-10-17(13-30-39(29,36)37)23(28)11-21(20)25(34)16-6-8-18(27)9-7-16/h6-12,14-15,30-31H,13H2,1-5H3,(H2,29,36,37)/t15?,38-/m0/s1. The molecule has 0 fully saturated rings. The SMILES string of the molecule is CC(N[S@@+]([O-])C(C)(C)C)c1cc(=O)n(C)cc1-c1cc(CNS(N)(=O)=O)c(F)cc1C(=O)c1ccc(F)cc1. The molecule has 2 aromatic carbocycles. The topological polar surface area (TPSA) is 146 Å². The van der Waals surface area contributed by atoms with Crippen molar-refractivity contribution in [3.8, 4) is 11.1 Å². The number of pyridine rings is 1. The number of benzene rings is 2. The zero-order valence-electron chi connectivity index (χ0n) is 22.0. The minimum Gasteiger partial charge on any atom is -0.598 e. The van der Waals surface area contributed by atoms with Gasteiger partial charge in [-0.3, -0.25) is 9.59 Å². The highest BCUT2D eigenvalue weighted by Gasteiger charge is 2.30. The average molecular weight is 581 g/mol. The molecule has 0 aliphatic rings. The Hall–Kier alpha value is -2.94. The Morgan fingerprint density at radius 2 is 1.74 bits per heavy atom. The highest BCUT2D eigenvalue weighted by molar-refractivity contribution is 7.90. The van der Waals surface area contributed by atoms with Crippen molar-refractivity contribution in [2.24, 2.45) is 12.2 Å². The number of ketones is 1. The molecule has 0 radical (unpaired) electrons. The summed E-state index contributed by atoms with van der Waals surface area (Å²) in [6, 6.07) is 7.63. The van der Waals surface area contributed by atoms with Crippen molar-refractivity contribution in [3.63, 3.8) is 0 Å². The molecule has 0 aliphatic carbocycles. The Morgan fingerprint density at radius 3 is 2.31 bits per heavy atom. The Kier molecular flexibility index (Phi) is 9.15. The van der Waals surface area contributed by atoms with Crippen LogP contribution in [0.3, 0.4) is 0 Å². The maximum absolute atomic E-state index is 15.2. The van der Waals surface area contributed by atoms with E-state index in [0.717, 1.165) is 18.2 Å². The lowest BCUT2D eigenvalue weighted by atomic mass is 9.89. The first-order valence-electron chi connectivity index (χ1n) is 11.8. The van der Waals surface area contributed by atoms with Gasteiger partial charge in [-0.05, 0) is 75.2 Å². The molecule has 3 aromatic rings. The zero-order chi connectivity index (χ0) is 29.3. The van der Waals surface area contributed by atoms with Crippen LogP contribution in [0.1, 0.15) is 60.8 Å². The molecule has 3 rings (SSSR count). The number of carbonyl (C=O) groups is 1. The van der Waals surface area contributed by atoms with E-state index >= 15 is 4.39 Å². The van der Waals surface area contributed by atoms with Gasteiger partial charge >= 0.3 is 0 Å². The fourth-order valence-corrected chi connectivity index (χ4v) is 4.89. The molecule has 1 unspecified atom stereocenters.